The van der Waals surface area contributed by atoms with Gasteiger partial charge in [0.25, 0.3) is 5.91 Å². The second kappa shape index (κ2) is 9.33. The van der Waals surface area contributed by atoms with E-state index in [2.05, 4.69) is 22.0 Å². The molecule has 1 amide bonds. The van der Waals surface area contributed by atoms with Gasteiger partial charge in [0.15, 0.2) is 10.9 Å². The fourth-order valence-corrected chi connectivity index (χ4v) is 3.51. The van der Waals surface area contributed by atoms with Crippen LogP contribution < -0.4 is 16.0 Å². The molecule has 0 aliphatic carbocycles. The third-order valence-electron chi connectivity index (χ3n) is 4.94. The summed E-state index contributed by atoms with van der Waals surface area (Å²) in [6, 6.07) is 25.9. The zero-order chi connectivity index (χ0) is 22.5. The summed E-state index contributed by atoms with van der Waals surface area (Å²) in [5.74, 6) is -0.0501. The van der Waals surface area contributed by atoms with E-state index in [0.29, 0.717) is 21.9 Å². The molecule has 7 heteroatoms. The van der Waals surface area contributed by atoms with Crippen LogP contribution in [-0.4, -0.2) is 11.0 Å². The van der Waals surface area contributed by atoms with Gasteiger partial charge in [0.05, 0.1) is 17.7 Å². The number of thiocarbonyl (C=S) groups is 1. The minimum absolute atomic E-state index is 0.0230. The lowest BCUT2D eigenvalue weighted by Gasteiger charge is -2.17. The molecule has 0 saturated heterocycles. The van der Waals surface area contributed by atoms with Crippen LogP contribution in [0, 0.1) is 11.3 Å². The molecular formula is C25H20N4O2S. The maximum Gasteiger partial charge on any atom is 0.291 e. The van der Waals surface area contributed by atoms with Gasteiger partial charge in [0.2, 0.25) is 0 Å². The lowest BCUT2D eigenvalue weighted by Crippen LogP contribution is -2.30. The minimum Gasteiger partial charge on any atom is -0.451 e. The molecule has 0 radical (unpaired) electrons. The highest BCUT2D eigenvalue weighted by molar-refractivity contribution is 7.80. The highest BCUT2D eigenvalue weighted by atomic mass is 32.1. The van der Waals surface area contributed by atoms with Crippen molar-refractivity contribution in [3.63, 3.8) is 0 Å². The van der Waals surface area contributed by atoms with Gasteiger partial charge >= 0.3 is 0 Å². The van der Waals surface area contributed by atoms with Crippen molar-refractivity contribution in [2.75, 3.05) is 10.6 Å². The van der Waals surface area contributed by atoms with E-state index < -0.39 is 0 Å². The molecule has 0 aliphatic heterocycles. The van der Waals surface area contributed by atoms with Crippen molar-refractivity contribution in [3.8, 4) is 6.07 Å². The topological polar surface area (TPSA) is 90.1 Å². The van der Waals surface area contributed by atoms with E-state index in [1.807, 2.05) is 55.5 Å². The summed E-state index contributed by atoms with van der Waals surface area (Å²) in [5.41, 5.74) is 3.75. The number of fused-ring (bicyclic) bond motifs is 1. The molecule has 1 unspecified atom stereocenters. The largest absolute Gasteiger partial charge is 0.451 e. The quantitative estimate of drug-likeness (QED) is 0.350. The smallest absolute Gasteiger partial charge is 0.291 e. The number of nitrogens with zero attached hydrogens (tertiary/aromatic N) is 1. The molecule has 0 spiro atoms. The van der Waals surface area contributed by atoms with Crippen LogP contribution in [-0.2, 0) is 0 Å². The molecule has 0 bridgehead atoms. The van der Waals surface area contributed by atoms with E-state index in [-0.39, 0.29) is 17.7 Å². The Morgan fingerprint density at radius 3 is 2.28 bits per heavy atom. The average Bonchev–Trinajstić information content (AvgIpc) is 3.25. The van der Waals surface area contributed by atoms with Crippen molar-refractivity contribution in [2.24, 2.45) is 0 Å². The third kappa shape index (κ3) is 4.94. The molecule has 3 N–H and O–H groups in total. The van der Waals surface area contributed by atoms with Crippen molar-refractivity contribution in [1.29, 1.82) is 5.26 Å². The monoisotopic (exact) mass is 440 g/mol. The van der Waals surface area contributed by atoms with Gasteiger partial charge in [0, 0.05) is 16.8 Å². The first kappa shape index (κ1) is 21.1. The summed E-state index contributed by atoms with van der Waals surface area (Å²) in [5, 5.41) is 19.4. The van der Waals surface area contributed by atoms with Crippen LogP contribution in [0.15, 0.2) is 83.3 Å². The molecule has 6 nitrogen and oxygen atoms in total. The van der Waals surface area contributed by atoms with Crippen LogP contribution in [0.3, 0.4) is 0 Å². The van der Waals surface area contributed by atoms with Gasteiger partial charge < -0.3 is 20.4 Å². The van der Waals surface area contributed by atoms with Crippen molar-refractivity contribution < 1.29 is 9.21 Å². The number of amides is 1. The second-order valence-corrected chi connectivity index (χ2v) is 7.64. The Balaban J connectivity index is 1.33. The maximum atomic E-state index is 12.5. The summed E-state index contributed by atoms with van der Waals surface area (Å²) >= 11 is 5.40. The van der Waals surface area contributed by atoms with Crippen LogP contribution in [0.1, 0.15) is 34.6 Å². The van der Waals surface area contributed by atoms with Crippen molar-refractivity contribution in [1.82, 2.24) is 5.32 Å². The molecular weight excluding hydrogens is 420 g/mol. The summed E-state index contributed by atoms with van der Waals surface area (Å²) in [6.45, 7) is 1.99. The molecule has 1 atom stereocenters. The van der Waals surface area contributed by atoms with Crippen LogP contribution in [0.5, 0.6) is 0 Å². The number of carbonyl (C=O) groups excluding carboxylic acids is 1. The highest BCUT2D eigenvalue weighted by Gasteiger charge is 2.12. The number of hydrogen-bond acceptors (Lipinski definition) is 4. The van der Waals surface area contributed by atoms with E-state index in [0.717, 1.165) is 16.6 Å². The molecule has 4 aromatic rings. The molecule has 4 rings (SSSR count). The second-order valence-electron chi connectivity index (χ2n) is 7.23. The highest BCUT2D eigenvalue weighted by Crippen LogP contribution is 2.21. The van der Waals surface area contributed by atoms with Gasteiger partial charge in [0.1, 0.15) is 5.58 Å². The van der Waals surface area contributed by atoms with Crippen molar-refractivity contribution >= 4 is 45.6 Å². The van der Waals surface area contributed by atoms with Crippen molar-refractivity contribution in [2.45, 2.75) is 13.0 Å². The lowest BCUT2D eigenvalue weighted by molar-refractivity contribution is 0.0998. The Morgan fingerprint density at radius 2 is 1.62 bits per heavy atom. The van der Waals surface area contributed by atoms with E-state index in [9.17, 15) is 4.79 Å². The van der Waals surface area contributed by atoms with Gasteiger partial charge in [-0.25, -0.2) is 0 Å². The molecule has 1 aromatic heterocycles. The molecule has 0 saturated carbocycles. The first-order valence-electron chi connectivity index (χ1n) is 9.99. The van der Waals surface area contributed by atoms with Crippen LogP contribution in [0.2, 0.25) is 0 Å². The van der Waals surface area contributed by atoms with E-state index in [1.165, 1.54) is 0 Å². The molecule has 3 aromatic carbocycles. The van der Waals surface area contributed by atoms with Crippen LogP contribution >= 0.6 is 12.2 Å². The Morgan fingerprint density at radius 1 is 0.969 bits per heavy atom. The van der Waals surface area contributed by atoms with Gasteiger partial charge in [-0.1, -0.05) is 30.3 Å². The number of benzene rings is 3. The maximum absolute atomic E-state index is 12.5. The zero-order valence-corrected chi connectivity index (χ0v) is 18.1. The minimum atomic E-state index is -0.310. The molecule has 158 valence electrons. The number of carbonyl (C=O) groups is 1. The number of para-hydroxylation sites is 1. The van der Waals surface area contributed by atoms with E-state index >= 15 is 0 Å². The Kier molecular flexibility index (Phi) is 6.15. The molecule has 32 heavy (non-hydrogen) atoms. The summed E-state index contributed by atoms with van der Waals surface area (Å²) in [4.78, 5) is 12.5. The zero-order valence-electron chi connectivity index (χ0n) is 17.3. The third-order valence-corrected chi connectivity index (χ3v) is 5.16. The van der Waals surface area contributed by atoms with Gasteiger partial charge in [-0.3, -0.25) is 4.79 Å². The van der Waals surface area contributed by atoms with Gasteiger partial charge in [-0.15, -0.1) is 0 Å². The summed E-state index contributed by atoms with van der Waals surface area (Å²) in [7, 11) is 0. The predicted octanol–water partition coefficient (Wildman–Crippen LogP) is 5.60. The number of anilines is 2. The number of hydrogen-bond donors (Lipinski definition) is 3. The van der Waals surface area contributed by atoms with E-state index in [4.69, 9.17) is 21.9 Å². The number of nitriles is 1. The van der Waals surface area contributed by atoms with E-state index in [1.54, 1.807) is 30.3 Å². The normalized spacial score (nSPS) is 11.4. The Labute approximate surface area is 190 Å². The lowest BCUT2D eigenvalue weighted by atomic mass is 10.1. The standard InChI is InChI=1S/C25H20N4O2S/c1-16(18-8-6-17(15-26)7-9-18)27-25(32)29-21-12-10-20(11-13-21)28-24(30)23-14-19-4-2-3-5-22(19)31-23/h2-14,16H,1H3,(H,28,30)(H2,27,29,32). The molecule has 0 aliphatic rings. The molecule has 1 heterocycles. The number of rotatable bonds is 5. The summed E-state index contributed by atoms with van der Waals surface area (Å²) < 4.78 is 5.60. The first-order valence-corrected chi connectivity index (χ1v) is 10.4. The van der Waals surface area contributed by atoms with Gasteiger partial charge in [-0.05, 0) is 73.2 Å². The number of nitrogens with one attached hydrogen (secondary N) is 3. The fourth-order valence-electron chi connectivity index (χ4n) is 3.22. The number of furan rings is 1. The van der Waals surface area contributed by atoms with Gasteiger partial charge in [-0.2, -0.15) is 5.26 Å². The Bertz CT molecular complexity index is 1270. The summed E-state index contributed by atoms with van der Waals surface area (Å²) in [6.07, 6.45) is 0. The fraction of sp³-hybridized carbons (Fsp3) is 0.0800. The molecule has 0 fully saturated rings. The van der Waals surface area contributed by atoms with Crippen LogP contribution in [0.25, 0.3) is 11.0 Å². The first-order chi connectivity index (χ1) is 15.5. The SMILES string of the molecule is CC(NC(=S)Nc1ccc(NC(=O)c2cc3ccccc3o2)cc1)c1ccc(C#N)cc1. The van der Waals surface area contributed by atoms with Crippen LogP contribution in [0.4, 0.5) is 11.4 Å². The average molecular weight is 441 g/mol. The van der Waals surface area contributed by atoms with Crippen molar-refractivity contribution in [3.05, 3.63) is 95.7 Å². The predicted molar refractivity (Wildman–Crippen MR) is 130 cm³/mol. The Hall–Kier alpha value is -4.15.